The Morgan fingerprint density at radius 1 is 0.789 bits per heavy atom. The van der Waals surface area contributed by atoms with Gasteiger partial charge in [0.1, 0.15) is 31.0 Å². The number of benzene rings is 1. The van der Waals surface area contributed by atoms with Gasteiger partial charge in [0.25, 0.3) is 0 Å². The van der Waals surface area contributed by atoms with Gasteiger partial charge in [-0.15, -0.1) is 0 Å². The van der Waals surface area contributed by atoms with Crippen LogP contribution in [0.4, 0.5) is 14.4 Å². The fourth-order valence-corrected chi connectivity index (χ4v) is 3.22. The van der Waals surface area contributed by atoms with E-state index in [1.807, 2.05) is 13.8 Å². The van der Waals surface area contributed by atoms with Crippen molar-refractivity contribution in [1.82, 2.24) is 0 Å². The Balaban J connectivity index is 2.95. The highest BCUT2D eigenvalue weighted by Gasteiger charge is 2.22. The van der Waals surface area contributed by atoms with Gasteiger partial charge in [0.05, 0.1) is 7.11 Å². The third kappa shape index (κ3) is 12.6. The molecule has 0 radical (unpaired) electrons. The summed E-state index contributed by atoms with van der Waals surface area (Å²) in [5.74, 6) is -0.932. The van der Waals surface area contributed by atoms with E-state index in [2.05, 4.69) is 4.74 Å². The molecule has 12 heteroatoms. The number of carbonyl (C=O) groups is 4. The lowest BCUT2D eigenvalue weighted by Crippen LogP contribution is -2.36. The maximum absolute atomic E-state index is 12.3. The second-order valence-corrected chi connectivity index (χ2v) is 8.74. The number of hydrogen-bond acceptors (Lipinski definition) is 12. The van der Waals surface area contributed by atoms with Crippen LogP contribution in [-0.4, -0.2) is 62.5 Å². The normalized spacial score (nSPS) is 13.8. The van der Waals surface area contributed by atoms with Crippen molar-refractivity contribution in [2.75, 3.05) is 13.7 Å². The Kier molecular flexibility index (Phi) is 14.6. The van der Waals surface area contributed by atoms with Crippen LogP contribution in [0, 0.1) is 0 Å². The standard InChI is InChI=1S/C26H39NO11/c1-7-9-16(3)34-25(30)37-21-12-11-19(14-22(21)38-26(31)35-17(4)10-8-2)13-20(27)23(28)33-15-18(5)36-24(29)32-6/h11-12,14,16-18,20H,7-10,13,15,27H2,1-6H3/t16?,17?,18-,20-/m0/s1. The van der Waals surface area contributed by atoms with Crippen LogP contribution in [0.25, 0.3) is 0 Å². The van der Waals surface area contributed by atoms with Crippen molar-refractivity contribution in [1.29, 1.82) is 0 Å². The molecule has 0 aliphatic carbocycles. The average molecular weight is 542 g/mol. The molecule has 0 bridgehead atoms. The molecule has 12 nitrogen and oxygen atoms in total. The van der Waals surface area contributed by atoms with Crippen LogP contribution in [-0.2, 0) is 34.9 Å². The van der Waals surface area contributed by atoms with Crippen LogP contribution in [0.5, 0.6) is 11.5 Å². The van der Waals surface area contributed by atoms with Gasteiger partial charge in [-0.1, -0.05) is 32.8 Å². The molecule has 0 aliphatic rings. The lowest BCUT2D eigenvalue weighted by atomic mass is 10.1. The monoisotopic (exact) mass is 541 g/mol. The first kappa shape index (κ1) is 32.5. The van der Waals surface area contributed by atoms with E-state index in [1.54, 1.807) is 19.9 Å². The fraction of sp³-hybridized carbons (Fsp3) is 0.615. The van der Waals surface area contributed by atoms with Crippen LogP contribution < -0.4 is 15.2 Å². The number of nitrogens with two attached hydrogens (primary N) is 1. The molecule has 0 spiro atoms. The van der Waals surface area contributed by atoms with Crippen molar-refractivity contribution < 1.29 is 52.3 Å². The zero-order valence-electron chi connectivity index (χ0n) is 22.9. The van der Waals surface area contributed by atoms with Crippen molar-refractivity contribution in [2.45, 2.75) is 91.1 Å². The number of rotatable bonds is 14. The summed E-state index contributed by atoms with van der Waals surface area (Å²) in [5.41, 5.74) is 6.45. The Labute approximate surface area is 223 Å². The molecule has 214 valence electrons. The Morgan fingerprint density at radius 3 is 1.84 bits per heavy atom. The lowest BCUT2D eigenvalue weighted by molar-refractivity contribution is -0.148. The van der Waals surface area contributed by atoms with Crippen molar-refractivity contribution in [2.24, 2.45) is 5.73 Å². The van der Waals surface area contributed by atoms with Crippen molar-refractivity contribution in [3.8, 4) is 11.5 Å². The third-order valence-electron chi connectivity index (χ3n) is 5.06. The van der Waals surface area contributed by atoms with Gasteiger partial charge in [-0.05, 0) is 57.7 Å². The number of ether oxygens (including phenoxy) is 7. The van der Waals surface area contributed by atoms with E-state index in [4.69, 9.17) is 34.2 Å². The van der Waals surface area contributed by atoms with Gasteiger partial charge in [0.15, 0.2) is 11.5 Å². The molecule has 2 unspecified atom stereocenters. The van der Waals surface area contributed by atoms with Gasteiger partial charge < -0.3 is 38.9 Å². The van der Waals surface area contributed by atoms with Gasteiger partial charge in [0.2, 0.25) is 0 Å². The SMILES string of the molecule is CCCC(C)OC(=O)Oc1ccc(C[C@H](N)C(=O)OC[C@H](C)OC(=O)OC)cc1OC(=O)OC(C)CCC. The number of methoxy groups -OCH3 is 1. The number of carbonyl (C=O) groups excluding carboxylic acids is 4. The predicted molar refractivity (Wildman–Crippen MR) is 135 cm³/mol. The molecule has 1 rings (SSSR count). The van der Waals surface area contributed by atoms with Crippen molar-refractivity contribution in [3.05, 3.63) is 23.8 Å². The summed E-state index contributed by atoms with van der Waals surface area (Å²) >= 11 is 0. The molecule has 1 aromatic rings. The summed E-state index contributed by atoms with van der Waals surface area (Å²) in [5, 5.41) is 0. The summed E-state index contributed by atoms with van der Waals surface area (Å²) < 4.78 is 35.3. The van der Waals surface area contributed by atoms with E-state index in [9.17, 15) is 19.2 Å². The third-order valence-corrected chi connectivity index (χ3v) is 5.06. The zero-order valence-corrected chi connectivity index (χ0v) is 22.9. The molecular formula is C26H39NO11. The first-order chi connectivity index (χ1) is 18.0. The molecule has 0 saturated heterocycles. The van der Waals surface area contributed by atoms with Gasteiger partial charge in [-0.2, -0.15) is 0 Å². The molecule has 0 amide bonds. The van der Waals surface area contributed by atoms with Gasteiger partial charge >= 0.3 is 24.4 Å². The molecule has 0 heterocycles. The van der Waals surface area contributed by atoms with E-state index >= 15 is 0 Å². The Morgan fingerprint density at radius 2 is 1.32 bits per heavy atom. The largest absolute Gasteiger partial charge is 0.514 e. The smallest absolute Gasteiger partial charge is 0.461 e. The first-order valence-electron chi connectivity index (χ1n) is 12.6. The highest BCUT2D eigenvalue weighted by Crippen LogP contribution is 2.30. The van der Waals surface area contributed by atoms with Gasteiger partial charge in [0, 0.05) is 0 Å². The highest BCUT2D eigenvalue weighted by molar-refractivity contribution is 5.76. The van der Waals surface area contributed by atoms with Crippen LogP contribution in [0.3, 0.4) is 0 Å². The second-order valence-electron chi connectivity index (χ2n) is 8.74. The summed E-state index contributed by atoms with van der Waals surface area (Å²) in [6.07, 6.45) is -1.41. The Hall–Kier alpha value is -3.54. The quantitative estimate of drug-likeness (QED) is 0.197. The van der Waals surface area contributed by atoms with Gasteiger partial charge in [-0.3, -0.25) is 4.79 Å². The lowest BCUT2D eigenvalue weighted by Gasteiger charge is -2.17. The fourth-order valence-electron chi connectivity index (χ4n) is 3.22. The Bertz CT molecular complexity index is 920. The molecular weight excluding hydrogens is 502 g/mol. The van der Waals surface area contributed by atoms with E-state index in [-0.39, 0.29) is 36.7 Å². The van der Waals surface area contributed by atoms with Crippen LogP contribution in [0.1, 0.15) is 65.9 Å². The van der Waals surface area contributed by atoms with Crippen LogP contribution in [0.15, 0.2) is 18.2 Å². The molecule has 38 heavy (non-hydrogen) atoms. The molecule has 1 aromatic carbocycles. The van der Waals surface area contributed by atoms with Crippen molar-refractivity contribution in [3.63, 3.8) is 0 Å². The second kappa shape index (κ2) is 17.1. The summed E-state index contributed by atoms with van der Waals surface area (Å²) in [7, 11) is 1.16. The van der Waals surface area contributed by atoms with E-state index < -0.39 is 36.6 Å². The van der Waals surface area contributed by atoms with Crippen molar-refractivity contribution >= 4 is 24.4 Å². The summed E-state index contributed by atoms with van der Waals surface area (Å²) in [4.78, 5) is 48.0. The molecule has 0 aliphatic heterocycles. The van der Waals surface area contributed by atoms with E-state index in [0.29, 0.717) is 18.4 Å². The zero-order chi connectivity index (χ0) is 28.7. The topological polar surface area (TPSA) is 159 Å². The summed E-state index contributed by atoms with van der Waals surface area (Å²) in [6, 6.07) is 3.26. The molecule has 0 saturated carbocycles. The number of esters is 1. The van der Waals surface area contributed by atoms with E-state index in [1.165, 1.54) is 19.1 Å². The maximum atomic E-state index is 12.3. The highest BCUT2D eigenvalue weighted by atomic mass is 16.8. The van der Waals surface area contributed by atoms with E-state index in [0.717, 1.165) is 20.0 Å². The molecule has 2 N–H and O–H groups in total. The molecule has 4 atom stereocenters. The van der Waals surface area contributed by atoms with Crippen LogP contribution >= 0.6 is 0 Å². The molecule has 0 fully saturated rings. The van der Waals surface area contributed by atoms with Gasteiger partial charge in [-0.25, -0.2) is 14.4 Å². The predicted octanol–water partition coefficient (Wildman–Crippen LogP) is 4.68. The maximum Gasteiger partial charge on any atom is 0.514 e. The molecule has 0 aromatic heterocycles. The summed E-state index contributed by atoms with van der Waals surface area (Å²) in [6.45, 7) is 8.67. The minimum atomic E-state index is -1.09. The van der Waals surface area contributed by atoms with Crippen LogP contribution in [0.2, 0.25) is 0 Å². The average Bonchev–Trinajstić information content (AvgIpc) is 2.83. The minimum absolute atomic E-state index is 0.000971. The number of hydrogen-bond donors (Lipinski definition) is 1. The first-order valence-corrected chi connectivity index (χ1v) is 12.6. The minimum Gasteiger partial charge on any atom is -0.461 e.